The Morgan fingerprint density at radius 2 is 1.77 bits per heavy atom. The molecule has 1 heterocycles. The summed E-state index contributed by atoms with van der Waals surface area (Å²) >= 11 is 0. The van der Waals surface area contributed by atoms with Gasteiger partial charge in [0.1, 0.15) is 6.33 Å². The Bertz CT molecular complexity index is 1040. The Kier molecular flexibility index (Phi) is 5.01. The number of nitrogens with zero attached hydrogens (tertiary/aromatic N) is 3. The number of non-ortho nitro benzene ring substituents is 1. The number of nitro groups is 1. The van der Waals surface area contributed by atoms with Crippen molar-refractivity contribution in [2.24, 2.45) is 0 Å². The second kappa shape index (κ2) is 7.38. The van der Waals surface area contributed by atoms with Crippen LogP contribution >= 0.6 is 0 Å². The average Bonchev–Trinajstić information content (AvgIpc) is 2.67. The highest BCUT2D eigenvalue weighted by Crippen LogP contribution is 2.18. The van der Waals surface area contributed by atoms with Gasteiger partial charge in [0.25, 0.3) is 5.69 Å². The van der Waals surface area contributed by atoms with Gasteiger partial charge in [0.2, 0.25) is 10.0 Å². The summed E-state index contributed by atoms with van der Waals surface area (Å²) in [7, 11) is -3.91. The molecule has 0 saturated carbocycles. The van der Waals surface area contributed by atoms with Crippen LogP contribution in [0.1, 0.15) is 5.69 Å². The molecule has 0 radical (unpaired) electrons. The van der Waals surface area contributed by atoms with E-state index in [1.165, 1.54) is 24.5 Å². The molecule has 2 aromatic carbocycles. The maximum atomic E-state index is 12.4. The smallest absolute Gasteiger partial charge is 0.258 e. The molecule has 132 valence electrons. The Balaban J connectivity index is 1.78. The lowest BCUT2D eigenvalue weighted by atomic mass is 10.1. The molecule has 8 nitrogen and oxygen atoms in total. The van der Waals surface area contributed by atoms with Gasteiger partial charge < -0.3 is 0 Å². The second-order valence-electron chi connectivity index (χ2n) is 5.34. The summed E-state index contributed by atoms with van der Waals surface area (Å²) in [6.07, 6.45) is 1.36. The van der Waals surface area contributed by atoms with E-state index >= 15 is 0 Å². The fraction of sp³-hybridized carbons (Fsp3) is 0.0588. The third-order valence-electron chi connectivity index (χ3n) is 3.58. The Morgan fingerprint density at radius 1 is 1.00 bits per heavy atom. The van der Waals surface area contributed by atoms with Crippen LogP contribution in [0.25, 0.3) is 11.3 Å². The summed E-state index contributed by atoms with van der Waals surface area (Å²) in [5.41, 5.74) is 1.75. The molecule has 0 bridgehead atoms. The fourth-order valence-electron chi connectivity index (χ4n) is 2.28. The molecule has 0 amide bonds. The number of sulfonamides is 1. The van der Waals surface area contributed by atoms with Gasteiger partial charge >= 0.3 is 0 Å². The first-order valence-electron chi connectivity index (χ1n) is 7.56. The lowest BCUT2D eigenvalue weighted by Crippen LogP contribution is -2.23. The van der Waals surface area contributed by atoms with Crippen molar-refractivity contribution < 1.29 is 13.3 Å². The van der Waals surface area contributed by atoms with E-state index in [1.54, 1.807) is 6.07 Å². The molecule has 3 aromatic rings. The summed E-state index contributed by atoms with van der Waals surface area (Å²) < 4.78 is 27.1. The van der Waals surface area contributed by atoms with E-state index in [4.69, 9.17) is 0 Å². The van der Waals surface area contributed by atoms with Crippen molar-refractivity contribution in [3.63, 3.8) is 0 Å². The van der Waals surface area contributed by atoms with Crippen molar-refractivity contribution in [1.29, 1.82) is 0 Å². The minimum atomic E-state index is -3.91. The van der Waals surface area contributed by atoms with E-state index in [1.807, 2.05) is 30.3 Å². The number of benzene rings is 2. The molecular formula is C17H14N4O4S. The van der Waals surface area contributed by atoms with E-state index in [2.05, 4.69) is 14.7 Å². The first kappa shape index (κ1) is 17.6. The van der Waals surface area contributed by atoms with Gasteiger partial charge in [-0.05, 0) is 12.1 Å². The van der Waals surface area contributed by atoms with Crippen molar-refractivity contribution in [3.05, 3.63) is 82.8 Å². The van der Waals surface area contributed by atoms with Crippen LogP contribution in [0.2, 0.25) is 0 Å². The molecule has 0 fully saturated rings. The quantitative estimate of drug-likeness (QED) is 0.527. The monoisotopic (exact) mass is 370 g/mol. The van der Waals surface area contributed by atoms with E-state index in [-0.39, 0.29) is 17.1 Å². The molecule has 0 saturated heterocycles. The van der Waals surface area contributed by atoms with E-state index in [9.17, 15) is 18.5 Å². The average molecular weight is 370 g/mol. The normalized spacial score (nSPS) is 11.2. The van der Waals surface area contributed by atoms with Gasteiger partial charge in [-0.3, -0.25) is 10.1 Å². The van der Waals surface area contributed by atoms with Crippen LogP contribution in [-0.4, -0.2) is 23.3 Å². The SMILES string of the molecule is O=[N+]([O-])c1cccc(S(=O)(=O)NCc2cc(-c3ccccc3)ncn2)c1. The zero-order valence-electron chi connectivity index (χ0n) is 13.4. The highest BCUT2D eigenvalue weighted by atomic mass is 32.2. The van der Waals surface area contributed by atoms with Crippen molar-refractivity contribution >= 4 is 15.7 Å². The highest BCUT2D eigenvalue weighted by molar-refractivity contribution is 7.89. The molecule has 0 aliphatic heterocycles. The zero-order valence-corrected chi connectivity index (χ0v) is 14.3. The number of hydrogen-bond donors (Lipinski definition) is 1. The first-order valence-corrected chi connectivity index (χ1v) is 9.04. The molecule has 0 aliphatic rings. The maximum absolute atomic E-state index is 12.4. The van der Waals surface area contributed by atoms with Crippen molar-refractivity contribution in [2.75, 3.05) is 0 Å². The van der Waals surface area contributed by atoms with E-state index < -0.39 is 14.9 Å². The van der Waals surface area contributed by atoms with Gasteiger partial charge in [0, 0.05) is 17.7 Å². The van der Waals surface area contributed by atoms with Gasteiger partial charge in [0.15, 0.2) is 0 Å². The van der Waals surface area contributed by atoms with Crippen LogP contribution in [0.4, 0.5) is 5.69 Å². The standard InChI is InChI=1S/C17H14N4O4S/c22-21(23)15-7-4-8-16(10-15)26(24,25)20-11-14-9-17(19-12-18-14)13-5-2-1-3-6-13/h1-10,12,20H,11H2. The van der Waals surface area contributed by atoms with Crippen LogP contribution in [0.3, 0.4) is 0 Å². The summed E-state index contributed by atoms with van der Waals surface area (Å²) in [5, 5.41) is 10.8. The highest BCUT2D eigenvalue weighted by Gasteiger charge is 2.17. The first-order chi connectivity index (χ1) is 12.5. The predicted octanol–water partition coefficient (Wildman–Crippen LogP) is 2.53. The predicted molar refractivity (Wildman–Crippen MR) is 94.6 cm³/mol. The molecule has 1 aromatic heterocycles. The molecule has 3 rings (SSSR count). The Labute approximate surface area is 149 Å². The molecule has 1 N–H and O–H groups in total. The maximum Gasteiger partial charge on any atom is 0.270 e. The van der Waals surface area contributed by atoms with Gasteiger partial charge in [-0.15, -0.1) is 0 Å². The van der Waals surface area contributed by atoms with E-state index in [0.29, 0.717) is 11.4 Å². The minimum absolute atomic E-state index is 0.0621. The molecule has 26 heavy (non-hydrogen) atoms. The molecule has 0 atom stereocenters. The van der Waals surface area contributed by atoms with E-state index in [0.717, 1.165) is 11.6 Å². The fourth-order valence-corrected chi connectivity index (χ4v) is 3.32. The summed E-state index contributed by atoms with van der Waals surface area (Å²) in [5.74, 6) is 0. The zero-order chi connectivity index (χ0) is 18.6. The molecule has 0 aliphatic carbocycles. The van der Waals surface area contributed by atoms with Crippen LogP contribution in [0.15, 0.2) is 71.9 Å². The van der Waals surface area contributed by atoms with Crippen LogP contribution < -0.4 is 4.72 Å². The Morgan fingerprint density at radius 3 is 2.50 bits per heavy atom. The third kappa shape index (κ3) is 4.08. The Hall–Kier alpha value is -3.17. The van der Waals surface area contributed by atoms with Crippen molar-refractivity contribution in [3.8, 4) is 11.3 Å². The van der Waals surface area contributed by atoms with Gasteiger partial charge in [-0.2, -0.15) is 0 Å². The van der Waals surface area contributed by atoms with Crippen molar-refractivity contribution in [1.82, 2.24) is 14.7 Å². The van der Waals surface area contributed by atoms with Crippen molar-refractivity contribution in [2.45, 2.75) is 11.4 Å². The largest absolute Gasteiger partial charge is 0.270 e. The lowest BCUT2D eigenvalue weighted by molar-refractivity contribution is -0.385. The second-order valence-corrected chi connectivity index (χ2v) is 7.11. The van der Waals surface area contributed by atoms with Crippen LogP contribution in [0, 0.1) is 10.1 Å². The molecular weight excluding hydrogens is 356 g/mol. The van der Waals surface area contributed by atoms with Gasteiger partial charge in [0.05, 0.1) is 27.8 Å². The van der Waals surface area contributed by atoms with Gasteiger partial charge in [-0.25, -0.2) is 23.1 Å². The lowest BCUT2D eigenvalue weighted by Gasteiger charge is -2.07. The third-order valence-corrected chi connectivity index (χ3v) is 4.97. The number of rotatable bonds is 6. The molecule has 0 unspecified atom stereocenters. The van der Waals surface area contributed by atoms with Gasteiger partial charge in [-0.1, -0.05) is 36.4 Å². The summed E-state index contributed by atoms with van der Waals surface area (Å²) in [6.45, 7) is -0.0621. The summed E-state index contributed by atoms with van der Waals surface area (Å²) in [6, 6.07) is 16.0. The molecule has 0 spiro atoms. The van der Waals surface area contributed by atoms with Crippen LogP contribution in [0.5, 0.6) is 0 Å². The number of nitro benzene ring substituents is 1. The minimum Gasteiger partial charge on any atom is -0.258 e. The van der Waals surface area contributed by atoms with Crippen LogP contribution in [-0.2, 0) is 16.6 Å². The number of nitrogens with one attached hydrogen (secondary N) is 1. The number of hydrogen-bond acceptors (Lipinski definition) is 6. The molecule has 9 heteroatoms. The number of aromatic nitrogens is 2. The summed E-state index contributed by atoms with van der Waals surface area (Å²) in [4.78, 5) is 18.2. The topological polar surface area (TPSA) is 115 Å².